The van der Waals surface area contributed by atoms with Gasteiger partial charge in [-0.3, -0.25) is 9.69 Å². The van der Waals surface area contributed by atoms with Gasteiger partial charge in [-0.05, 0) is 43.9 Å². The van der Waals surface area contributed by atoms with Crippen LogP contribution in [0, 0.1) is 0 Å². The summed E-state index contributed by atoms with van der Waals surface area (Å²) >= 11 is 0. The Labute approximate surface area is 165 Å². The van der Waals surface area contributed by atoms with Crippen molar-refractivity contribution in [3.63, 3.8) is 0 Å². The van der Waals surface area contributed by atoms with Gasteiger partial charge in [-0.2, -0.15) is 0 Å². The van der Waals surface area contributed by atoms with Crippen molar-refractivity contribution in [1.29, 1.82) is 0 Å². The first-order chi connectivity index (χ1) is 13.9. The van der Waals surface area contributed by atoms with Crippen molar-refractivity contribution >= 4 is 28.9 Å². The van der Waals surface area contributed by atoms with E-state index < -0.39 is 30.6 Å². The van der Waals surface area contributed by atoms with E-state index in [1.54, 1.807) is 18.2 Å². The Balaban J connectivity index is 1.38. The van der Waals surface area contributed by atoms with Gasteiger partial charge >= 0.3 is 17.6 Å². The smallest absolute Gasteiger partial charge is 0.344 e. The van der Waals surface area contributed by atoms with Crippen molar-refractivity contribution in [3.8, 4) is 5.75 Å². The molecule has 9 heteroatoms. The Morgan fingerprint density at radius 2 is 2.03 bits per heavy atom. The van der Waals surface area contributed by atoms with E-state index in [2.05, 4.69) is 5.32 Å². The number of ether oxygens (including phenoxy) is 2. The summed E-state index contributed by atoms with van der Waals surface area (Å²) in [4.78, 5) is 48.7. The van der Waals surface area contributed by atoms with E-state index in [9.17, 15) is 19.2 Å². The number of carbonyl (C=O) groups is 3. The number of aryl methyl sites for hydroxylation is 1. The molecule has 4 rings (SSSR count). The van der Waals surface area contributed by atoms with Gasteiger partial charge < -0.3 is 19.2 Å². The molecule has 1 N–H and O–H groups in total. The zero-order valence-electron chi connectivity index (χ0n) is 15.9. The summed E-state index contributed by atoms with van der Waals surface area (Å²) in [5.74, 6) is -0.996. The number of rotatable bonds is 5. The molecule has 0 unspecified atom stereocenters. The minimum atomic E-state index is -1.10. The summed E-state index contributed by atoms with van der Waals surface area (Å²) < 4.78 is 15.9. The molecule has 0 bridgehead atoms. The van der Waals surface area contributed by atoms with Crippen molar-refractivity contribution in [2.75, 3.05) is 19.7 Å². The fourth-order valence-electron chi connectivity index (χ4n) is 3.68. The summed E-state index contributed by atoms with van der Waals surface area (Å²) in [5.41, 5.74) is 1.82. The minimum absolute atomic E-state index is 0.238. The molecule has 152 valence electrons. The third-order valence-electron chi connectivity index (χ3n) is 5.08. The summed E-state index contributed by atoms with van der Waals surface area (Å²) in [6.45, 7) is 1.58. The van der Waals surface area contributed by atoms with Gasteiger partial charge in [0.1, 0.15) is 11.3 Å². The number of benzene rings is 1. The molecule has 2 aromatic rings. The van der Waals surface area contributed by atoms with E-state index in [0.717, 1.165) is 40.7 Å². The molecule has 1 atom stereocenters. The van der Waals surface area contributed by atoms with Crippen LogP contribution in [0.25, 0.3) is 11.0 Å². The fraction of sp³-hybridized carbons (Fsp3) is 0.400. The number of imide groups is 1. The highest BCUT2D eigenvalue weighted by Crippen LogP contribution is 2.29. The highest BCUT2D eigenvalue weighted by molar-refractivity contribution is 5.98. The lowest BCUT2D eigenvalue weighted by Gasteiger charge is -2.18. The van der Waals surface area contributed by atoms with E-state index in [4.69, 9.17) is 13.9 Å². The molecule has 1 aromatic heterocycles. The van der Waals surface area contributed by atoms with E-state index in [1.165, 1.54) is 6.92 Å². The molecular weight excluding hydrogens is 380 g/mol. The Morgan fingerprint density at radius 3 is 2.79 bits per heavy atom. The Kier molecular flexibility index (Phi) is 4.96. The molecule has 1 fully saturated rings. The zero-order chi connectivity index (χ0) is 20.5. The van der Waals surface area contributed by atoms with Gasteiger partial charge in [-0.15, -0.1) is 0 Å². The first kappa shape index (κ1) is 19.0. The Bertz CT molecular complexity index is 1060. The van der Waals surface area contributed by atoms with Crippen molar-refractivity contribution in [2.45, 2.75) is 32.3 Å². The predicted octanol–water partition coefficient (Wildman–Crippen LogP) is 1.14. The number of nitrogens with one attached hydrogen (secondary N) is 1. The quantitative estimate of drug-likeness (QED) is 0.591. The number of hydrogen-bond acceptors (Lipinski definition) is 7. The number of nitrogens with zero attached hydrogens (tertiary/aromatic N) is 1. The van der Waals surface area contributed by atoms with Gasteiger partial charge in [-0.25, -0.2) is 14.4 Å². The van der Waals surface area contributed by atoms with E-state index in [1.807, 2.05) is 0 Å². The maximum atomic E-state index is 12.1. The van der Waals surface area contributed by atoms with Crippen LogP contribution < -0.4 is 15.7 Å². The molecule has 29 heavy (non-hydrogen) atoms. The largest absolute Gasteiger partial charge is 0.482 e. The molecule has 0 radical (unpaired) electrons. The molecular formula is C20H20N2O7. The SMILES string of the molecule is C[C@@H](OC(=O)COc1ccc2c3c(c(=O)oc2c1)CCC3)C(=O)N1CCNC1=O. The molecule has 1 saturated heterocycles. The van der Waals surface area contributed by atoms with Crippen LogP contribution >= 0.6 is 0 Å². The van der Waals surface area contributed by atoms with E-state index in [-0.39, 0.29) is 12.2 Å². The van der Waals surface area contributed by atoms with Crippen LogP contribution in [0.3, 0.4) is 0 Å². The number of urea groups is 1. The van der Waals surface area contributed by atoms with Crippen molar-refractivity contribution < 1.29 is 28.3 Å². The third kappa shape index (κ3) is 3.67. The summed E-state index contributed by atoms with van der Waals surface area (Å²) in [5, 5.41) is 3.38. The highest BCUT2D eigenvalue weighted by Gasteiger charge is 2.31. The number of amides is 3. The van der Waals surface area contributed by atoms with Gasteiger partial charge in [0.25, 0.3) is 5.91 Å². The molecule has 1 aliphatic carbocycles. The van der Waals surface area contributed by atoms with Crippen molar-refractivity contribution in [1.82, 2.24) is 10.2 Å². The van der Waals surface area contributed by atoms with Crippen LogP contribution in [-0.2, 0) is 27.2 Å². The van der Waals surface area contributed by atoms with Crippen LogP contribution in [0.5, 0.6) is 5.75 Å². The topological polar surface area (TPSA) is 115 Å². The summed E-state index contributed by atoms with van der Waals surface area (Å²) in [6.07, 6.45) is 1.39. The van der Waals surface area contributed by atoms with Gasteiger partial charge in [0, 0.05) is 30.1 Å². The lowest BCUT2D eigenvalue weighted by atomic mass is 10.1. The maximum Gasteiger partial charge on any atom is 0.344 e. The number of carbonyl (C=O) groups excluding carboxylic acids is 3. The van der Waals surface area contributed by atoms with Gasteiger partial charge in [0.05, 0.1) is 0 Å². The normalized spacial score (nSPS) is 16.4. The predicted molar refractivity (Wildman–Crippen MR) is 101 cm³/mol. The molecule has 1 aromatic carbocycles. The van der Waals surface area contributed by atoms with Crippen LogP contribution in [0.2, 0.25) is 0 Å². The molecule has 2 heterocycles. The second kappa shape index (κ2) is 7.57. The lowest BCUT2D eigenvalue weighted by molar-refractivity contribution is -0.159. The average Bonchev–Trinajstić information content (AvgIpc) is 3.35. The van der Waals surface area contributed by atoms with E-state index >= 15 is 0 Å². The maximum absolute atomic E-state index is 12.1. The highest BCUT2D eigenvalue weighted by atomic mass is 16.6. The molecule has 0 spiro atoms. The minimum Gasteiger partial charge on any atom is -0.482 e. The van der Waals surface area contributed by atoms with Gasteiger partial charge in [0.15, 0.2) is 12.7 Å². The van der Waals surface area contributed by atoms with Gasteiger partial charge in [-0.1, -0.05) is 0 Å². The monoisotopic (exact) mass is 400 g/mol. The Morgan fingerprint density at radius 1 is 1.24 bits per heavy atom. The number of hydrogen-bond donors (Lipinski definition) is 1. The summed E-state index contributed by atoms with van der Waals surface area (Å²) in [7, 11) is 0. The van der Waals surface area contributed by atoms with Crippen LogP contribution in [0.15, 0.2) is 27.4 Å². The first-order valence-corrected chi connectivity index (χ1v) is 9.44. The van der Waals surface area contributed by atoms with Crippen LogP contribution in [0.4, 0.5) is 4.79 Å². The van der Waals surface area contributed by atoms with E-state index in [0.29, 0.717) is 17.9 Å². The third-order valence-corrected chi connectivity index (χ3v) is 5.08. The number of fused-ring (bicyclic) bond motifs is 3. The average molecular weight is 400 g/mol. The van der Waals surface area contributed by atoms with Gasteiger partial charge in [0.2, 0.25) is 0 Å². The second-order valence-corrected chi connectivity index (χ2v) is 7.00. The van der Waals surface area contributed by atoms with Crippen molar-refractivity contribution in [3.05, 3.63) is 39.7 Å². The zero-order valence-corrected chi connectivity index (χ0v) is 15.9. The fourth-order valence-corrected chi connectivity index (χ4v) is 3.68. The number of esters is 1. The first-order valence-electron chi connectivity index (χ1n) is 9.44. The molecule has 1 aliphatic heterocycles. The molecule has 3 amide bonds. The molecule has 0 saturated carbocycles. The van der Waals surface area contributed by atoms with Crippen molar-refractivity contribution in [2.24, 2.45) is 0 Å². The second-order valence-electron chi connectivity index (χ2n) is 7.00. The lowest BCUT2D eigenvalue weighted by Crippen LogP contribution is -2.42. The molecule has 2 aliphatic rings. The van der Waals surface area contributed by atoms with Crippen LogP contribution in [0.1, 0.15) is 24.5 Å². The van der Waals surface area contributed by atoms with Crippen LogP contribution in [-0.4, -0.2) is 48.6 Å². The molecule has 9 nitrogen and oxygen atoms in total. The standard InChI is InChI=1S/C20H20N2O7/c1-11(18(24)22-8-7-21-20(22)26)28-17(23)10-27-12-5-6-14-13-3-2-4-15(13)19(25)29-16(14)9-12/h5-6,9,11H,2-4,7-8,10H2,1H3,(H,21,26)/t11-/m1/s1. The summed E-state index contributed by atoms with van der Waals surface area (Å²) in [6, 6.07) is 4.56. The Hall–Kier alpha value is -3.36.